The molecule has 4 aromatic rings. The first-order valence-corrected chi connectivity index (χ1v) is 16.1. The molecule has 2 saturated heterocycles. The van der Waals surface area contributed by atoms with E-state index in [1.807, 2.05) is 42.5 Å². The molecule has 3 aliphatic rings. The third-order valence-corrected chi connectivity index (χ3v) is 9.47. The highest BCUT2D eigenvalue weighted by Gasteiger charge is 2.41. The van der Waals surface area contributed by atoms with Gasteiger partial charge in [0.2, 0.25) is 0 Å². The van der Waals surface area contributed by atoms with Crippen molar-refractivity contribution >= 4 is 17.5 Å². The number of hydrogen-bond donors (Lipinski definition) is 1. The number of fused-ring (bicyclic) bond motifs is 1. The van der Waals surface area contributed by atoms with Crippen LogP contribution in [-0.4, -0.2) is 65.5 Å². The van der Waals surface area contributed by atoms with Gasteiger partial charge in [-0.2, -0.15) is 0 Å². The molecule has 0 aliphatic carbocycles. The van der Waals surface area contributed by atoms with Crippen molar-refractivity contribution in [2.45, 2.75) is 38.6 Å². The van der Waals surface area contributed by atoms with Gasteiger partial charge in [0.25, 0.3) is 11.8 Å². The van der Waals surface area contributed by atoms with Gasteiger partial charge in [-0.3, -0.25) is 19.4 Å². The molecule has 0 bridgehead atoms. The first kappa shape index (κ1) is 30.5. The van der Waals surface area contributed by atoms with Gasteiger partial charge < -0.3 is 14.6 Å². The molecule has 7 rings (SSSR count). The highest BCUT2D eigenvalue weighted by atomic mass is 16.7. The van der Waals surface area contributed by atoms with Gasteiger partial charge >= 0.3 is 0 Å². The second-order valence-electron chi connectivity index (χ2n) is 12.5. The van der Waals surface area contributed by atoms with Crippen LogP contribution in [0.4, 0.5) is 5.69 Å². The summed E-state index contributed by atoms with van der Waals surface area (Å²) in [5, 5.41) is 9.61. The Morgan fingerprint density at radius 2 is 1.35 bits per heavy atom. The number of hydrogen-bond acceptors (Lipinski definition) is 7. The lowest BCUT2D eigenvalue weighted by Crippen LogP contribution is -2.51. The molecule has 2 fully saturated rings. The van der Waals surface area contributed by atoms with Gasteiger partial charge in [-0.25, -0.2) is 4.90 Å². The summed E-state index contributed by atoms with van der Waals surface area (Å²) in [5.74, 6) is -0.607. The molecule has 4 unspecified atom stereocenters. The number of aliphatic hydroxyl groups is 1. The molecule has 2 amide bonds. The highest BCUT2D eigenvalue weighted by molar-refractivity contribution is 6.34. The van der Waals surface area contributed by atoms with E-state index in [0.29, 0.717) is 16.8 Å². The lowest BCUT2D eigenvalue weighted by molar-refractivity contribution is -0.276. The van der Waals surface area contributed by atoms with Crippen molar-refractivity contribution in [3.8, 4) is 0 Å². The molecule has 236 valence electrons. The molecule has 1 N–H and O–H groups in total. The largest absolute Gasteiger partial charge is 0.392 e. The summed E-state index contributed by atoms with van der Waals surface area (Å²) in [6.45, 7) is 7.77. The van der Waals surface area contributed by atoms with Crippen LogP contribution in [0.2, 0.25) is 0 Å². The molecule has 0 spiro atoms. The van der Waals surface area contributed by atoms with Crippen LogP contribution in [0.15, 0.2) is 103 Å². The predicted molar refractivity (Wildman–Crippen MR) is 175 cm³/mol. The van der Waals surface area contributed by atoms with E-state index in [1.165, 1.54) is 10.5 Å². The number of rotatable bonds is 8. The van der Waals surface area contributed by atoms with Gasteiger partial charge in [-0.1, -0.05) is 85.8 Å². The molecule has 8 nitrogen and oxygen atoms in total. The summed E-state index contributed by atoms with van der Waals surface area (Å²) >= 11 is 0. The van der Waals surface area contributed by atoms with E-state index in [9.17, 15) is 14.7 Å². The Bertz CT molecular complexity index is 1650. The summed E-state index contributed by atoms with van der Waals surface area (Å²) in [5.41, 5.74) is 5.25. The van der Waals surface area contributed by atoms with Crippen molar-refractivity contribution in [3.63, 3.8) is 0 Å². The van der Waals surface area contributed by atoms with Crippen LogP contribution < -0.4 is 4.90 Å². The first-order valence-electron chi connectivity index (χ1n) is 16.1. The van der Waals surface area contributed by atoms with Gasteiger partial charge in [-0.05, 0) is 41.0 Å². The number of amides is 2. The number of ether oxygens (including phenoxy) is 2. The van der Waals surface area contributed by atoms with Crippen molar-refractivity contribution < 1.29 is 24.2 Å². The molecule has 4 aromatic carbocycles. The number of imide groups is 1. The SMILES string of the molecule is CC1C(CN2CCN(Cc3ccccc3)CC2)OC(c2cccc(N3C(=O)c4ccccc4C3=O)c2)OC1c1ccc(CO)cc1. The summed E-state index contributed by atoms with van der Waals surface area (Å²) in [6.07, 6.45) is -1.07. The van der Waals surface area contributed by atoms with E-state index >= 15 is 0 Å². The van der Waals surface area contributed by atoms with Crippen LogP contribution in [0.3, 0.4) is 0 Å². The van der Waals surface area contributed by atoms with E-state index in [-0.39, 0.29) is 36.5 Å². The number of benzene rings is 4. The van der Waals surface area contributed by atoms with E-state index in [4.69, 9.17) is 9.47 Å². The number of anilines is 1. The standard InChI is InChI=1S/C38H39N3O5/c1-26-34(24-40-20-18-39(19-21-40)23-27-8-3-2-4-9-27)45-38(46-35(26)29-16-14-28(25-42)15-17-29)30-10-7-11-31(22-30)41-36(43)32-12-5-6-13-33(32)37(41)44/h2-17,22,26,34-35,38,42H,18-21,23-25H2,1H3. The maximum atomic E-state index is 13.2. The fourth-order valence-electron chi connectivity index (χ4n) is 6.79. The second-order valence-corrected chi connectivity index (χ2v) is 12.5. The van der Waals surface area contributed by atoms with Crippen LogP contribution in [-0.2, 0) is 22.6 Å². The molecule has 46 heavy (non-hydrogen) atoms. The Morgan fingerprint density at radius 1 is 0.696 bits per heavy atom. The fraction of sp³-hybridized carbons (Fsp3) is 0.316. The zero-order valence-electron chi connectivity index (χ0n) is 26.0. The van der Waals surface area contributed by atoms with Crippen LogP contribution in [0.1, 0.15) is 62.3 Å². The minimum absolute atomic E-state index is 0.0173. The normalized spacial score (nSPS) is 23.9. The van der Waals surface area contributed by atoms with Crippen molar-refractivity contribution in [3.05, 3.63) is 137 Å². The van der Waals surface area contributed by atoms with Crippen LogP contribution in [0.25, 0.3) is 0 Å². The first-order chi connectivity index (χ1) is 22.5. The zero-order chi connectivity index (χ0) is 31.6. The van der Waals surface area contributed by atoms with Crippen LogP contribution in [0, 0.1) is 5.92 Å². The van der Waals surface area contributed by atoms with Gasteiger partial charge in [0, 0.05) is 50.7 Å². The quantitative estimate of drug-likeness (QED) is 0.258. The lowest BCUT2D eigenvalue weighted by Gasteiger charge is -2.44. The maximum Gasteiger partial charge on any atom is 0.266 e. The molecular formula is C38H39N3O5. The molecule has 0 aromatic heterocycles. The van der Waals surface area contributed by atoms with E-state index in [0.717, 1.165) is 56.0 Å². The second kappa shape index (κ2) is 13.3. The Hall–Kier alpha value is -4.18. The molecule has 8 heteroatoms. The van der Waals surface area contributed by atoms with Crippen molar-refractivity contribution in [2.75, 3.05) is 37.6 Å². The number of piperazine rings is 1. The molecule has 0 saturated carbocycles. The van der Waals surface area contributed by atoms with E-state index in [1.54, 1.807) is 30.3 Å². The monoisotopic (exact) mass is 617 g/mol. The highest BCUT2D eigenvalue weighted by Crippen LogP contribution is 2.43. The third kappa shape index (κ3) is 6.15. The predicted octanol–water partition coefficient (Wildman–Crippen LogP) is 5.59. The van der Waals surface area contributed by atoms with Crippen molar-refractivity contribution in [1.29, 1.82) is 0 Å². The summed E-state index contributed by atoms with van der Waals surface area (Å²) in [6, 6.07) is 32.8. The topological polar surface area (TPSA) is 82.6 Å². The minimum Gasteiger partial charge on any atom is -0.392 e. The van der Waals surface area contributed by atoms with Crippen molar-refractivity contribution in [2.24, 2.45) is 5.92 Å². The van der Waals surface area contributed by atoms with Gasteiger partial charge in [-0.15, -0.1) is 0 Å². The Morgan fingerprint density at radius 3 is 2.02 bits per heavy atom. The number of nitrogens with zero attached hydrogens (tertiary/aromatic N) is 3. The fourth-order valence-corrected chi connectivity index (χ4v) is 6.79. The summed E-state index contributed by atoms with van der Waals surface area (Å²) < 4.78 is 13.4. The number of carbonyl (C=O) groups is 2. The van der Waals surface area contributed by atoms with E-state index < -0.39 is 6.29 Å². The Kier molecular flexibility index (Phi) is 8.80. The molecule has 4 atom stereocenters. The minimum atomic E-state index is -0.696. The molecular weight excluding hydrogens is 578 g/mol. The van der Waals surface area contributed by atoms with Crippen LogP contribution >= 0.6 is 0 Å². The van der Waals surface area contributed by atoms with Gasteiger partial charge in [0.1, 0.15) is 0 Å². The Labute approximate surface area is 269 Å². The third-order valence-electron chi connectivity index (χ3n) is 9.47. The zero-order valence-corrected chi connectivity index (χ0v) is 26.0. The van der Waals surface area contributed by atoms with E-state index in [2.05, 4.69) is 47.1 Å². The summed E-state index contributed by atoms with van der Waals surface area (Å²) in [7, 11) is 0. The average molecular weight is 618 g/mol. The van der Waals surface area contributed by atoms with Gasteiger partial charge in [0.05, 0.1) is 35.6 Å². The molecule has 0 radical (unpaired) electrons. The smallest absolute Gasteiger partial charge is 0.266 e. The lowest BCUT2D eigenvalue weighted by atomic mass is 9.90. The number of aliphatic hydroxyl groups excluding tert-OH is 1. The van der Waals surface area contributed by atoms with Crippen LogP contribution in [0.5, 0.6) is 0 Å². The number of carbonyl (C=O) groups excluding carboxylic acids is 2. The maximum absolute atomic E-state index is 13.2. The Balaban J connectivity index is 1.11. The summed E-state index contributed by atoms with van der Waals surface area (Å²) in [4.78, 5) is 32.7. The van der Waals surface area contributed by atoms with Crippen molar-refractivity contribution in [1.82, 2.24) is 9.80 Å². The molecule has 3 heterocycles. The average Bonchev–Trinajstić information content (AvgIpc) is 3.36. The van der Waals surface area contributed by atoms with Gasteiger partial charge in [0.15, 0.2) is 6.29 Å². The molecule has 3 aliphatic heterocycles.